The fourth-order valence-corrected chi connectivity index (χ4v) is 0.682. The molecular formula is C7H11N3O2. The summed E-state index contributed by atoms with van der Waals surface area (Å²) < 4.78 is 4.78. The Bertz CT molecular complexity index is 245. The first kappa shape index (κ1) is 8.73. The molecule has 12 heavy (non-hydrogen) atoms. The number of nitrogens with one attached hydrogen (secondary N) is 1. The van der Waals surface area contributed by atoms with Gasteiger partial charge in [-0.05, 0) is 6.92 Å². The van der Waals surface area contributed by atoms with Gasteiger partial charge in [-0.3, -0.25) is 4.79 Å². The van der Waals surface area contributed by atoms with E-state index in [4.69, 9.17) is 10.2 Å². The lowest BCUT2D eigenvalue weighted by Crippen LogP contribution is -2.37. The Kier molecular flexibility index (Phi) is 2.82. The number of carbonyl (C=O) groups excluding carboxylic acids is 1. The third-order valence-corrected chi connectivity index (χ3v) is 1.39. The van der Waals surface area contributed by atoms with Gasteiger partial charge in [0.05, 0.1) is 6.20 Å². The molecule has 0 bridgehead atoms. The topological polar surface area (TPSA) is 81.1 Å². The van der Waals surface area contributed by atoms with Crippen molar-refractivity contribution in [1.29, 1.82) is 0 Å². The van der Waals surface area contributed by atoms with Crippen LogP contribution < -0.4 is 11.1 Å². The molecule has 66 valence electrons. The molecule has 1 aromatic heterocycles. The molecule has 0 aliphatic rings. The Morgan fingerprint density at radius 1 is 1.92 bits per heavy atom. The first-order chi connectivity index (χ1) is 5.74. The summed E-state index contributed by atoms with van der Waals surface area (Å²) in [6.07, 6.45) is 2.57. The number of aromatic nitrogens is 1. The van der Waals surface area contributed by atoms with Crippen molar-refractivity contribution in [2.24, 2.45) is 5.73 Å². The van der Waals surface area contributed by atoms with Gasteiger partial charge in [-0.2, -0.15) is 0 Å². The molecule has 0 radical (unpaired) electrons. The van der Waals surface area contributed by atoms with Crippen molar-refractivity contribution in [3.8, 4) is 0 Å². The fraction of sp³-hybridized carbons (Fsp3) is 0.429. The third kappa shape index (κ3) is 2.06. The fourth-order valence-electron chi connectivity index (χ4n) is 0.682. The maximum atomic E-state index is 11.2. The van der Waals surface area contributed by atoms with E-state index in [1.807, 2.05) is 6.92 Å². The normalized spacial score (nSPS) is 12.5. The van der Waals surface area contributed by atoms with Crippen molar-refractivity contribution in [3.05, 3.63) is 18.4 Å². The van der Waals surface area contributed by atoms with E-state index in [-0.39, 0.29) is 17.7 Å². The summed E-state index contributed by atoms with van der Waals surface area (Å²) in [6, 6.07) is -0.0531. The standard InChI is InChI=1S/C7H11N3O2/c1-5(2-8)10-7(11)6-3-9-4-12-6/h3-5H,2,8H2,1H3,(H,10,11). The lowest BCUT2D eigenvalue weighted by Gasteiger charge is -2.08. The molecule has 0 aliphatic heterocycles. The molecule has 3 N–H and O–H groups in total. The van der Waals surface area contributed by atoms with Crippen LogP contribution >= 0.6 is 0 Å². The van der Waals surface area contributed by atoms with E-state index in [1.165, 1.54) is 12.6 Å². The largest absolute Gasteiger partial charge is 0.438 e. The summed E-state index contributed by atoms with van der Waals surface area (Å²) in [5.74, 6) is -0.0826. The summed E-state index contributed by atoms with van der Waals surface area (Å²) >= 11 is 0. The molecular weight excluding hydrogens is 158 g/mol. The van der Waals surface area contributed by atoms with Crippen molar-refractivity contribution >= 4 is 5.91 Å². The minimum absolute atomic E-state index is 0.0531. The minimum Gasteiger partial charge on any atom is -0.438 e. The maximum Gasteiger partial charge on any atom is 0.288 e. The predicted molar refractivity (Wildman–Crippen MR) is 42.5 cm³/mol. The quantitative estimate of drug-likeness (QED) is 0.653. The molecule has 1 heterocycles. The lowest BCUT2D eigenvalue weighted by molar-refractivity contribution is 0.0913. The first-order valence-corrected chi connectivity index (χ1v) is 3.63. The highest BCUT2D eigenvalue weighted by Crippen LogP contribution is 1.95. The van der Waals surface area contributed by atoms with Crippen molar-refractivity contribution in [1.82, 2.24) is 10.3 Å². The summed E-state index contributed by atoms with van der Waals surface area (Å²) in [4.78, 5) is 14.8. The Morgan fingerprint density at radius 2 is 2.67 bits per heavy atom. The van der Waals surface area contributed by atoms with Crippen LogP contribution in [0.1, 0.15) is 17.5 Å². The molecule has 1 unspecified atom stereocenters. The van der Waals surface area contributed by atoms with E-state index >= 15 is 0 Å². The monoisotopic (exact) mass is 169 g/mol. The van der Waals surface area contributed by atoms with Gasteiger partial charge in [0.2, 0.25) is 5.76 Å². The molecule has 0 aliphatic carbocycles. The number of hydrogen-bond acceptors (Lipinski definition) is 4. The molecule has 0 saturated heterocycles. The van der Waals surface area contributed by atoms with E-state index in [0.29, 0.717) is 6.54 Å². The van der Waals surface area contributed by atoms with E-state index in [0.717, 1.165) is 0 Å². The van der Waals surface area contributed by atoms with Gasteiger partial charge in [-0.25, -0.2) is 4.98 Å². The summed E-state index contributed by atoms with van der Waals surface area (Å²) in [5.41, 5.74) is 5.31. The van der Waals surface area contributed by atoms with Crippen LogP contribution in [0.25, 0.3) is 0 Å². The van der Waals surface area contributed by atoms with Crippen LogP contribution in [0, 0.1) is 0 Å². The SMILES string of the molecule is CC(CN)NC(=O)c1cnco1. The molecule has 0 saturated carbocycles. The zero-order chi connectivity index (χ0) is 8.97. The Hall–Kier alpha value is -1.36. The van der Waals surface area contributed by atoms with Crippen LogP contribution in [-0.2, 0) is 0 Å². The average molecular weight is 169 g/mol. The molecule has 0 spiro atoms. The van der Waals surface area contributed by atoms with Gasteiger partial charge >= 0.3 is 0 Å². The van der Waals surface area contributed by atoms with Crippen molar-refractivity contribution < 1.29 is 9.21 Å². The maximum absolute atomic E-state index is 11.2. The summed E-state index contributed by atoms with van der Waals surface area (Å²) in [7, 11) is 0. The van der Waals surface area contributed by atoms with Gasteiger partial charge in [0, 0.05) is 12.6 Å². The van der Waals surface area contributed by atoms with Crippen LogP contribution in [-0.4, -0.2) is 23.5 Å². The number of oxazole rings is 1. The second-order valence-electron chi connectivity index (χ2n) is 2.48. The molecule has 5 heteroatoms. The van der Waals surface area contributed by atoms with Gasteiger partial charge in [0.15, 0.2) is 6.39 Å². The molecule has 0 fully saturated rings. The Labute approximate surface area is 70.0 Å². The minimum atomic E-state index is -0.287. The molecule has 0 aromatic carbocycles. The van der Waals surface area contributed by atoms with Crippen molar-refractivity contribution in [3.63, 3.8) is 0 Å². The van der Waals surface area contributed by atoms with E-state index in [9.17, 15) is 4.79 Å². The highest BCUT2D eigenvalue weighted by atomic mass is 16.3. The van der Waals surface area contributed by atoms with Gasteiger partial charge in [0.1, 0.15) is 0 Å². The van der Waals surface area contributed by atoms with E-state index in [2.05, 4.69) is 10.3 Å². The third-order valence-electron chi connectivity index (χ3n) is 1.39. The van der Waals surface area contributed by atoms with Gasteiger partial charge < -0.3 is 15.5 Å². The number of carbonyl (C=O) groups is 1. The second-order valence-corrected chi connectivity index (χ2v) is 2.48. The number of nitrogens with zero attached hydrogens (tertiary/aromatic N) is 1. The summed E-state index contributed by atoms with van der Waals surface area (Å²) in [6.45, 7) is 2.22. The van der Waals surface area contributed by atoms with Gasteiger partial charge in [0.25, 0.3) is 5.91 Å². The number of amides is 1. The zero-order valence-corrected chi connectivity index (χ0v) is 6.78. The number of hydrogen-bond donors (Lipinski definition) is 2. The predicted octanol–water partition coefficient (Wildman–Crippen LogP) is -0.248. The molecule has 1 atom stereocenters. The van der Waals surface area contributed by atoms with E-state index < -0.39 is 0 Å². The van der Waals surface area contributed by atoms with Gasteiger partial charge in [-0.1, -0.05) is 0 Å². The number of nitrogens with two attached hydrogens (primary N) is 1. The molecule has 1 aromatic rings. The van der Waals surface area contributed by atoms with Crippen LogP contribution in [0.3, 0.4) is 0 Å². The Balaban J connectivity index is 2.50. The molecule has 1 rings (SSSR count). The van der Waals surface area contributed by atoms with Crippen molar-refractivity contribution in [2.75, 3.05) is 6.54 Å². The highest BCUT2D eigenvalue weighted by molar-refractivity contribution is 5.91. The molecule has 1 amide bonds. The van der Waals surface area contributed by atoms with Crippen molar-refractivity contribution in [2.45, 2.75) is 13.0 Å². The molecule has 5 nitrogen and oxygen atoms in total. The highest BCUT2D eigenvalue weighted by Gasteiger charge is 2.10. The van der Waals surface area contributed by atoms with Gasteiger partial charge in [-0.15, -0.1) is 0 Å². The smallest absolute Gasteiger partial charge is 0.288 e. The lowest BCUT2D eigenvalue weighted by atomic mass is 10.3. The first-order valence-electron chi connectivity index (χ1n) is 3.63. The second kappa shape index (κ2) is 3.87. The van der Waals surface area contributed by atoms with Crippen LogP contribution in [0.2, 0.25) is 0 Å². The van der Waals surface area contributed by atoms with Crippen LogP contribution in [0.15, 0.2) is 17.0 Å². The zero-order valence-electron chi connectivity index (χ0n) is 6.78. The average Bonchev–Trinajstić information content (AvgIpc) is 2.56. The Morgan fingerprint density at radius 3 is 3.17 bits per heavy atom. The van der Waals surface area contributed by atoms with E-state index in [1.54, 1.807) is 0 Å². The number of rotatable bonds is 3. The van der Waals surface area contributed by atoms with Crippen LogP contribution in [0.5, 0.6) is 0 Å². The van der Waals surface area contributed by atoms with Crippen LogP contribution in [0.4, 0.5) is 0 Å². The summed E-state index contributed by atoms with van der Waals surface area (Å²) in [5, 5.41) is 2.63.